The van der Waals surface area contributed by atoms with Gasteiger partial charge in [-0.2, -0.15) is 0 Å². The van der Waals surface area contributed by atoms with Gasteiger partial charge in [0, 0.05) is 17.6 Å². The molecule has 0 aliphatic rings. The van der Waals surface area contributed by atoms with Gasteiger partial charge in [0.05, 0.1) is 6.10 Å². The molecule has 0 saturated carbocycles. The lowest BCUT2D eigenvalue weighted by molar-refractivity contribution is 0.119. The molecule has 1 aromatic rings. The zero-order chi connectivity index (χ0) is 13.8. The van der Waals surface area contributed by atoms with Gasteiger partial charge in [0.25, 0.3) is 0 Å². The fourth-order valence-corrected chi connectivity index (χ4v) is 2.23. The van der Waals surface area contributed by atoms with Crippen LogP contribution in [-0.2, 0) is 6.54 Å². The standard InChI is InChI=1S/C15H24BrNO/c1-11-7-12(5-6-14(11)16)9-17-10-13(18)8-15(2,3)4/h5-7,13,17-18H,8-10H2,1-4H3. The van der Waals surface area contributed by atoms with Crippen LogP contribution in [-0.4, -0.2) is 17.8 Å². The van der Waals surface area contributed by atoms with Gasteiger partial charge in [-0.05, 0) is 36.0 Å². The summed E-state index contributed by atoms with van der Waals surface area (Å²) in [7, 11) is 0. The summed E-state index contributed by atoms with van der Waals surface area (Å²) in [5.41, 5.74) is 2.66. The predicted octanol–water partition coefficient (Wildman–Crippen LogP) is 3.64. The summed E-state index contributed by atoms with van der Waals surface area (Å²) in [6.07, 6.45) is 0.542. The molecule has 0 aromatic heterocycles. The number of hydrogen-bond donors (Lipinski definition) is 2. The van der Waals surface area contributed by atoms with E-state index < -0.39 is 0 Å². The van der Waals surface area contributed by atoms with Gasteiger partial charge in [-0.15, -0.1) is 0 Å². The molecular formula is C15H24BrNO. The van der Waals surface area contributed by atoms with E-state index in [1.165, 1.54) is 11.1 Å². The van der Waals surface area contributed by atoms with Crippen LogP contribution in [0.2, 0.25) is 0 Å². The topological polar surface area (TPSA) is 32.3 Å². The molecule has 0 spiro atoms. The van der Waals surface area contributed by atoms with Crippen LogP contribution >= 0.6 is 15.9 Å². The fourth-order valence-electron chi connectivity index (χ4n) is 1.98. The first kappa shape index (κ1) is 15.7. The highest BCUT2D eigenvalue weighted by atomic mass is 79.9. The molecule has 0 radical (unpaired) electrons. The molecule has 0 aliphatic heterocycles. The highest BCUT2D eigenvalue weighted by Crippen LogP contribution is 2.20. The summed E-state index contributed by atoms with van der Waals surface area (Å²) >= 11 is 3.49. The van der Waals surface area contributed by atoms with Crippen molar-refractivity contribution < 1.29 is 5.11 Å². The van der Waals surface area contributed by atoms with Gasteiger partial charge in [-0.1, -0.05) is 48.8 Å². The molecule has 0 saturated heterocycles. The van der Waals surface area contributed by atoms with E-state index in [0.29, 0.717) is 6.54 Å². The van der Waals surface area contributed by atoms with Crippen molar-refractivity contribution in [3.8, 4) is 0 Å². The van der Waals surface area contributed by atoms with Gasteiger partial charge in [0.15, 0.2) is 0 Å². The smallest absolute Gasteiger partial charge is 0.0669 e. The van der Waals surface area contributed by atoms with Gasteiger partial charge >= 0.3 is 0 Å². The molecule has 2 N–H and O–H groups in total. The number of benzene rings is 1. The van der Waals surface area contributed by atoms with Crippen LogP contribution in [0.3, 0.4) is 0 Å². The van der Waals surface area contributed by atoms with Crippen LogP contribution in [0.1, 0.15) is 38.3 Å². The Bertz CT molecular complexity index is 385. The summed E-state index contributed by atoms with van der Waals surface area (Å²) < 4.78 is 1.14. The Morgan fingerprint density at radius 2 is 2.00 bits per heavy atom. The molecule has 2 nitrogen and oxygen atoms in total. The lowest BCUT2D eigenvalue weighted by Gasteiger charge is -2.22. The Labute approximate surface area is 119 Å². The lowest BCUT2D eigenvalue weighted by atomic mass is 9.89. The summed E-state index contributed by atoms with van der Waals surface area (Å²) in [4.78, 5) is 0. The second-order valence-corrected chi connectivity index (χ2v) is 6.99. The number of rotatable bonds is 5. The molecule has 1 aromatic carbocycles. The van der Waals surface area contributed by atoms with E-state index in [9.17, 15) is 5.11 Å². The van der Waals surface area contributed by atoms with Crippen molar-refractivity contribution in [2.24, 2.45) is 5.41 Å². The number of nitrogens with one attached hydrogen (secondary N) is 1. The Hall–Kier alpha value is -0.380. The molecule has 102 valence electrons. The maximum absolute atomic E-state index is 9.89. The zero-order valence-corrected chi connectivity index (χ0v) is 13.3. The highest BCUT2D eigenvalue weighted by molar-refractivity contribution is 9.10. The third-order valence-electron chi connectivity index (χ3n) is 2.78. The summed E-state index contributed by atoms with van der Waals surface area (Å²) in [5.74, 6) is 0. The molecule has 1 rings (SSSR count). The monoisotopic (exact) mass is 313 g/mol. The minimum absolute atomic E-state index is 0.176. The quantitative estimate of drug-likeness (QED) is 0.869. The number of halogens is 1. The number of aryl methyl sites for hydroxylation is 1. The van der Waals surface area contributed by atoms with Crippen LogP contribution in [0.25, 0.3) is 0 Å². The van der Waals surface area contributed by atoms with Crippen LogP contribution in [0.5, 0.6) is 0 Å². The minimum atomic E-state index is -0.276. The second kappa shape index (κ2) is 6.69. The zero-order valence-electron chi connectivity index (χ0n) is 11.8. The van der Waals surface area contributed by atoms with Crippen molar-refractivity contribution >= 4 is 15.9 Å². The first-order valence-electron chi connectivity index (χ1n) is 6.42. The molecular weight excluding hydrogens is 290 g/mol. The molecule has 0 heterocycles. The van der Waals surface area contributed by atoms with Gasteiger partial charge < -0.3 is 10.4 Å². The van der Waals surface area contributed by atoms with Crippen molar-refractivity contribution in [2.45, 2.75) is 46.8 Å². The largest absolute Gasteiger partial charge is 0.392 e. The summed E-state index contributed by atoms with van der Waals surface area (Å²) in [6, 6.07) is 6.32. The van der Waals surface area contributed by atoms with E-state index in [2.05, 4.69) is 67.1 Å². The van der Waals surface area contributed by atoms with Crippen molar-refractivity contribution in [1.82, 2.24) is 5.32 Å². The molecule has 0 fully saturated rings. The van der Waals surface area contributed by atoms with Crippen LogP contribution in [0.4, 0.5) is 0 Å². The Balaban J connectivity index is 2.35. The average molecular weight is 314 g/mol. The van der Waals surface area contributed by atoms with Gasteiger partial charge in [0.2, 0.25) is 0 Å². The molecule has 0 aliphatic carbocycles. The third-order valence-corrected chi connectivity index (χ3v) is 3.67. The first-order chi connectivity index (χ1) is 8.28. The fraction of sp³-hybridized carbons (Fsp3) is 0.600. The van der Waals surface area contributed by atoms with Gasteiger partial charge in [-0.3, -0.25) is 0 Å². The third kappa shape index (κ3) is 5.98. The molecule has 0 amide bonds. The van der Waals surface area contributed by atoms with Crippen molar-refractivity contribution in [3.05, 3.63) is 33.8 Å². The predicted molar refractivity (Wildman–Crippen MR) is 80.7 cm³/mol. The number of aliphatic hydroxyl groups excluding tert-OH is 1. The average Bonchev–Trinajstić information content (AvgIpc) is 2.20. The van der Waals surface area contributed by atoms with E-state index >= 15 is 0 Å². The van der Waals surface area contributed by atoms with E-state index in [1.54, 1.807) is 0 Å². The molecule has 1 unspecified atom stereocenters. The van der Waals surface area contributed by atoms with Gasteiger partial charge in [0.1, 0.15) is 0 Å². The van der Waals surface area contributed by atoms with Crippen molar-refractivity contribution in [1.29, 1.82) is 0 Å². The van der Waals surface area contributed by atoms with E-state index in [-0.39, 0.29) is 11.5 Å². The minimum Gasteiger partial charge on any atom is -0.392 e. The number of aliphatic hydroxyl groups is 1. The Morgan fingerprint density at radius 3 is 2.56 bits per heavy atom. The molecule has 3 heteroatoms. The summed E-state index contributed by atoms with van der Waals surface area (Å²) in [5, 5.41) is 13.2. The maximum atomic E-state index is 9.89. The second-order valence-electron chi connectivity index (χ2n) is 6.13. The molecule has 0 bridgehead atoms. The van der Waals surface area contributed by atoms with Gasteiger partial charge in [-0.25, -0.2) is 0 Å². The van der Waals surface area contributed by atoms with E-state index in [4.69, 9.17) is 0 Å². The maximum Gasteiger partial charge on any atom is 0.0669 e. The lowest BCUT2D eigenvalue weighted by Crippen LogP contribution is -2.29. The van der Waals surface area contributed by atoms with Crippen molar-refractivity contribution in [2.75, 3.05) is 6.54 Å². The Kier molecular flexibility index (Phi) is 5.83. The summed E-state index contributed by atoms with van der Waals surface area (Å²) in [6.45, 7) is 9.97. The highest BCUT2D eigenvalue weighted by Gasteiger charge is 2.16. The Morgan fingerprint density at radius 1 is 1.33 bits per heavy atom. The first-order valence-corrected chi connectivity index (χ1v) is 7.21. The van der Waals surface area contributed by atoms with Crippen LogP contribution in [0, 0.1) is 12.3 Å². The van der Waals surface area contributed by atoms with Crippen molar-refractivity contribution in [3.63, 3.8) is 0 Å². The van der Waals surface area contributed by atoms with E-state index in [1.807, 2.05) is 0 Å². The van der Waals surface area contributed by atoms with E-state index in [0.717, 1.165) is 17.4 Å². The SMILES string of the molecule is Cc1cc(CNCC(O)CC(C)(C)C)ccc1Br. The number of hydrogen-bond acceptors (Lipinski definition) is 2. The normalized spacial score (nSPS) is 13.7. The van der Waals surface area contributed by atoms with Crippen LogP contribution in [0.15, 0.2) is 22.7 Å². The van der Waals surface area contributed by atoms with Crippen LogP contribution < -0.4 is 5.32 Å². The molecule has 18 heavy (non-hydrogen) atoms. The molecule has 1 atom stereocenters.